The van der Waals surface area contributed by atoms with Crippen LogP contribution in [0.2, 0.25) is 0 Å². The Hall–Kier alpha value is -3.38. The van der Waals surface area contributed by atoms with Gasteiger partial charge in [-0.05, 0) is 47.7 Å². The Balaban J connectivity index is 1.90. The molecular formula is C19H17N3O7S2. The van der Waals surface area contributed by atoms with E-state index in [-0.39, 0.29) is 20.7 Å². The van der Waals surface area contributed by atoms with Gasteiger partial charge in [0.05, 0.1) is 28.9 Å². The van der Waals surface area contributed by atoms with E-state index in [1.54, 1.807) is 24.3 Å². The molecule has 0 bridgehead atoms. The number of ether oxygens (including phenoxy) is 2. The molecule has 1 amide bonds. The highest BCUT2D eigenvalue weighted by atomic mass is 32.2. The zero-order valence-electron chi connectivity index (χ0n) is 16.6. The van der Waals surface area contributed by atoms with Gasteiger partial charge in [-0.2, -0.15) is 8.42 Å². The lowest BCUT2D eigenvalue weighted by Gasteiger charge is -2.08. The lowest BCUT2D eigenvalue weighted by molar-refractivity contribution is -0.384. The third-order valence-corrected chi connectivity index (χ3v) is 6.71. The monoisotopic (exact) mass is 463 g/mol. The van der Waals surface area contributed by atoms with E-state index in [9.17, 15) is 23.3 Å². The predicted molar refractivity (Wildman–Crippen MR) is 116 cm³/mol. The molecule has 0 aliphatic carbocycles. The minimum absolute atomic E-state index is 0.0323. The zero-order valence-corrected chi connectivity index (χ0v) is 18.3. The van der Waals surface area contributed by atoms with Gasteiger partial charge in [-0.25, -0.2) is 0 Å². The molecule has 1 heterocycles. The average molecular weight is 463 g/mol. The smallest absolute Gasteiger partial charge is 0.284 e. The van der Waals surface area contributed by atoms with Crippen LogP contribution in [-0.2, 0) is 14.8 Å². The van der Waals surface area contributed by atoms with E-state index in [2.05, 4.69) is 4.40 Å². The summed E-state index contributed by atoms with van der Waals surface area (Å²) in [6.45, 7) is 0. The number of sulfonamides is 1. The van der Waals surface area contributed by atoms with Gasteiger partial charge in [0.2, 0.25) is 0 Å². The Kier molecular flexibility index (Phi) is 6.32. The molecule has 0 N–H and O–H groups in total. The van der Waals surface area contributed by atoms with Crippen molar-refractivity contribution in [2.45, 2.75) is 4.90 Å². The van der Waals surface area contributed by atoms with E-state index in [0.717, 1.165) is 40.9 Å². The second kappa shape index (κ2) is 8.78. The molecule has 2 aromatic carbocycles. The highest BCUT2D eigenvalue weighted by Gasteiger charge is 2.32. The third-order valence-electron chi connectivity index (χ3n) is 4.25. The first-order chi connectivity index (χ1) is 14.7. The highest BCUT2D eigenvalue weighted by Crippen LogP contribution is 2.34. The second-order valence-corrected chi connectivity index (χ2v) is 8.80. The van der Waals surface area contributed by atoms with E-state index < -0.39 is 20.9 Å². The number of nitro benzene ring substituents is 1. The third kappa shape index (κ3) is 4.70. The fraction of sp³-hybridized carbons (Fsp3) is 0.158. The van der Waals surface area contributed by atoms with E-state index in [1.807, 2.05) is 0 Å². The fourth-order valence-electron chi connectivity index (χ4n) is 2.62. The maximum absolute atomic E-state index is 12.6. The topological polar surface area (TPSA) is 128 Å². The number of methoxy groups -OCH3 is 2. The number of hydrogen-bond acceptors (Lipinski definition) is 8. The molecule has 0 saturated carbocycles. The highest BCUT2D eigenvalue weighted by molar-refractivity contribution is 8.19. The van der Waals surface area contributed by atoms with Gasteiger partial charge in [0.25, 0.3) is 21.6 Å². The number of carbonyl (C=O) groups is 1. The largest absolute Gasteiger partial charge is 0.493 e. The van der Waals surface area contributed by atoms with Crippen LogP contribution in [0.25, 0.3) is 6.08 Å². The number of nitrogens with zero attached hydrogens (tertiary/aromatic N) is 3. The van der Waals surface area contributed by atoms with Crippen LogP contribution in [0.4, 0.5) is 5.69 Å². The number of carbonyl (C=O) groups excluding carboxylic acids is 1. The van der Waals surface area contributed by atoms with Gasteiger partial charge in [0.15, 0.2) is 16.7 Å². The molecule has 0 spiro atoms. The summed E-state index contributed by atoms with van der Waals surface area (Å²) in [4.78, 5) is 23.9. The van der Waals surface area contributed by atoms with Crippen LogP contribution in [0.3, 0.4) is 0 Å². The molecule has 0 radical (unpaired) electrons. The number of thioether (sulfide) groups is 1. The molecular weight excluding hydrogens is 446 g/mol. The first kappa shape index (κ1) is 22.3. The van der Waals surface area contributed by atoms with Crippen molar-refractivity contribution in [2.24, 2.45) is 4.40 Å². The Bertz CT molecular complexity index is 1210. The molecule has 3 rings (SSSR count). The molecule has 1 aliphatic rings. The van der Waals surface area contributed by atoms with Gasteiger partial charge in [-0.1, -0.05) is 6.07 Å². The Morgan fingerprint density at radius 2 is 1.74 bits per heavy atom. The van der Waals surface area contributed by atoms with Crippen LogP contribution in [0, 0.1) is 10.1 Å². The van der Waals surface area contributed by atoms with Crippen LogP contribution >= 0.6 is 11.8 Å². The second-order valence-electron chi connectivity index (χ2n) is 6.19. The van der Waals surface area contributed by atoms with Crippen LogP contribution in [0.5, 0.6) is 11.5 Å². The molecule has 2 aromatic rings. The molecule has 0 unspecified atom stereocenters. The maximum Gasteiger partial charge on any atom is 0.284 e. The Morgan fingerprint density at radius 3 is 2.32 bits per heavy atom. The average Bonchev–Trinajstić information content (AvgIpc) is 3.00. The summed E-state index contributed by atoms with van der Waals surface area (Å²) >= 11 is 0.903. The molecule has 0 atom stereocenters. The number of non-ortho nitro benzene ring substituents is 1. The molecule has 0 aromatic heterocycles. The maximum atomic E-state index is 12.6. The van der Waals surface area contributed by atoms with Crippen molar-refractivity contribution in [3.8, 4) is 11.5 Å². The van der Waals surface area contributed by atoms with Crippen LogP contribution < -0.4 is 9.47 Å². The number of amides is 1. The molecule has 162 valence electrons. The first-order valence-electron chi connectivity index (χ1n) is 8.65. The molecule has 31 heavy (non-hydrogen) atoms. The minimum atomic E-state index is -4.17. The number of hydrogen-bond donors (Lipinski definition) is 0. The van der Waals surface area contributed by atoms with E-state index in [1.165, 1.54) is 21.3 Å². The van der Waals surface area contributed by atoms with Gasteiger partial charge in [-0.15, -0.1) is 4.40 Å². The van der Waals surface area contributed by atoms with Crippen molar-refractivity contribution in [2.75, 3.05) is 21.3 Å². The molecule has 1 fully saturated rings. The van der Waals surface area contributed by atoms with Crippen LogP contribution in [0.1, 0.15) is 5.56 Å². The van der Waals surface area contributed by atoms with Gasteiger partial charge in [0, 0.05) is 19.2 Å². The zero-order chi connectivity index (χ0) is 22.8. The van der Waals surface area contributed by atoms with Gasteiger partial charge >= 0.3 is 0 Å². The van der Waals surface area contributed by atoms with Gasteiger partial charge in [-0.3, -0.25) is 19.8 Å². The summed E-state index contributed by atoms with van der Waals surface area (Å²) in [5.41, 5.74) is 0.413. The summed E-state index contributed by atoms with van der Waals surface area (Å²) in [6, 6.07) is 9.44. The van der Waals surface area contributed by atoms with Crippen molar-refractivity contribution in [3.05, 3.63) is 63.0 Å². The van der Waals surface area contributed by atoms with Crippen LogP contribution in [0.15, 0.2) is 56.7 Å². The first-order valence-corrected chi connectivity index (χ1v) is 10.9. The lowest BCUT2D eigenvalue weighted by atomic mass is 10.2. The van der Waals surface area contributed by atoms with Crippen molar-refractivity contribution in [1.29, 1.82) is 0 Å². The standard InChI is InChI=1S/C19H17N3O7S2/c1-21-18(23)17(11-12-4-9-15(28-2)16(10-12)29-3)30-19(21)20-31(26,27)14-7-5-13(6-8-14)22(24)25/h4-11H,1-3H3/b17-11+,20-19-. The predicted octanol–water partition coefficient (Wildman–Crippen LogP) is 2.90. The van der Waals surface area contributed by atoms with Gasteiger partial charge < -0.3 is 9.47 Å². The van der Waals surface area contributed by atoms with Crippen molar-refractivity contribution in [1.82, 2.24) is 4.90 Å². The Morgan fingerprint density at radius 1 is 1.10 bits per heavy atom. The van der Waals surface area contributed by atoms with Crippen molar-refractivity contribution < 1.29 is 27.6 Å². The summed E-state index contributed by atoms with van der Waals surface area (Å²) in [5, 5.41) is 10.7. The Labute approximate surface area is 182 Å². The van der Waals surface area contributed by atoms with E-state index in [4.69, 9.17) is 9.47 Å². The molecule has 12 heteroatoms. The van der Waals surface area contributed by atoms with Crippen molar-refractivity contribution in [3.63, 3.8) is 0 Å². The number of benzene rings is 2. The van der Waals surface area contributed by atoms with Gasteiger partial charge in [0.1, 0.15) is 0 Å². The van der Waals surface area contributed by atoms with E-state index in [0.29, 0.717) is 17.1 Å². The van der Waals surface area contributed by atoms with Crippen molar-refractivity contribution >= 4 is 44.6 Å². The summed E-state index contributed by atoms with van der Waals surface area (Å²) < 4.78 is 39.3. The number of likely N-dealkylation sites (N-methyl/N-ethyl adjacent to an activating group) is 1. The normalized spacial score (nSPS) is 16.7. The number of nitro groups is 1. The quantitative estimate of drug-likeness (QED) is 0.363. The SMILES string of the molecule is COc1ccc(/C=C2/S/C(=N\S(=O)(=O)c3ccc([N+](=O)[O-])cc3)N(C)C2=O)cc1OC. The summed E-state index contributed by atoms with van der Waals surface area (Å²) in [6.07, 6.45) is 1.59. The summed E-state index contributed by atoms with van der Waals surface area (Å²) in [5.74, 6) is 0.594. The number of rotatable bonds is 6. The minimum Gasteiger partial charge on any atom is -0.493 e. The number of amidine groups is 1. The fourth-order valence-corrected chi connectivity index (χ4v) is 4.82. The summed E-state index contributed by atoms with van der Waals surface area (Å²) in [7, 11) is 0.241. The van der Waals surface area contributed by atoms with Crippen LogP contribution in [-0.4, -0.2) is 50.6 Å². The molecule has 1 saturated heterocycles. The molecule has 1 aliphatic heterocycles. The lowest BCUT2D eigenvalue weighted by Crippen LogP contribution is -2.24. The van der Waals surface area contributed by atoms with E-state index >= 15 is 0 Å². The molecule has 10 nitrogen and oxygen atoms in total.